The maximum absolute atomic E-state index is 12.7. The summed E-state index contributed by atoms with van der Waals surface area (Å²) in [5.41, 5.74) is 1.33. The average Bonchev–Trinajstić information content (AvgIpc) is 3.30. The number of anilines is 1. The number of hydrogen-bond acceptors (Lipinski definition) is 8. The van der Waals surface area contributed by atoms with Gasteiger partial charge in [0.25, 0.3) is 5.91 Å². The van der Waals surface area contributed by atoms with Crippen molar-refractivity contribution in [1.82, 2.24) is 20.1 Å². The van der Waals surface area contributed by atoms with Crippen molar-refractivity contribution in [2.24, 2.45) is 0 Å². The van der Waals surface area contributed by atoms with Crippen LogP contribution in [0.2, 0.25) is 0 Å². The van der Waals surface area contributed by atoms with E-state index in [1.807, 2.05) is 6.92 Å². The molecule has 0 aliphatic heterocycles. The smallest absolute Gasteiger partial charge is 0.338 e. The van der Waals surface area contributed by atoms with Crippen molar-refractivity contribution in [3.8, 4) is 5.75 Å². The van der Waals surface area contributed by atoms with Gasteiger partial charge in [0.2, 0.25) is 5.91 Å². The molecule has 0 aliphatic rings. The van der Waals surface area contributed by atoms with Crippen molar-refractivity contribution in [1.29, 1.82) is 0 Å². The number of carbonyl (C=O) groups is 3. The Morgan fingerprint density at radius 3 is 2.57 bits per heavy atom. The largest absolute Gasteiger partial charge is 0.497 e. The number of hydrogen-bond donors (Lipinski definition) is 2. The van der Waals surface area contributed by atoms with Crippen LogP contribution in [0.5, 0.6) is 5.75 Å². The van der Waals surface area contributed by atoms with Crippen LogP contribution in [0.1, 0.15) is 46.4 Å². The van der Waals surface area contributed by atoms with Crippen LogP contribution in [0.15, 0.2) is 66.3 Å². The van der Waals surface area contributed by atoms with Gasteiger partial charge in [-0.3, -0.25) is 9.59 Å². The molecule has 0 radical (unpaired) electrons. The minimum absolute atomic E-state index is 0.0610. The molecule has 0 fully saturated rings. The zero-order valence-electron chi connectivity index (χ0n) is 20.9. The van der Waals surface area contributed by atoms with Gasteiger partial charge in [0.05, 0.1) is 31.1 Å². The number of aromatic nitrogens is 3. The lowest BCUT2D eigenvalue weighted by molar-refractivity contribution is -0.113. The van der Waals surface area contributed by atoms with Crippen LogP contribution in [0, 0.1) is 0 Å². The van der Waals surface area contributed by atoms with Gasteiger partial charge in [0, 0.05) is 17.8 Å². The number of methoxy groups -OCH3 is 1. The summed E-state index contributed by atoms with van der Waals surface area (Å²) in [7, 11) is 1.56. The number of benzene rings is 2. The summed E-state index contributed by atoms with van der Waals surface area (Å²) in [5.74, 6) is 0.264. The Kier molecular flexibility index (Phi) is 9.84. The fourth-order valence-electron chi connectivity index (χ4n) is 3.38. The minimum Gasteiger partial charge on any atom is -0.497 e. The molecule has 0 unspecified atom stereocenters. The lowest BCUT2D eigenvalue weighted by Gasteiger charge is -2.15. The number of thioether (sulfide) groups is 1. The van der Waals surface area contributed by atoms with E-state index in [0.717, 1.165) is 0 Å². The predicted octanol–water partition coefficient (Wildman–Crippen LogP) is 3.87. The minimum atomic E-state index is -0.453. The van der Waals surface area contributed by atoms with Crippen molar-refractivity contribution in [3.63, 3.8) is 0 Å². The second-order valence-electron chi connectivity index (χ2n) is 7.80. The summed E-state index contributed by atoms with van der Waals surface area (Å²) in [6.07, 6.45) is 1.69. The predicted molar refractivity (Wildman–Crippen MR) is 141 cm³/mol. The van der Waals surface area contributed by atoms with Gasteiger partial charge in [0.15, 0.2) is 11.0 Å². The van der Waals surface area contributed by atoms with E-state index in [1.165, 1.54) is 11.8 Å². The van der Waals surface area contributed by atoms with Gasteiger partial charge in [-0.2, -0.15) is 0 Å². The molecular formula is C26H29N5O5S. The highest BCUT2D eigenvalue weighted by molar-refractivity contribution is 7.99. The first-order valence-corrected chi connectivity index (χ1v) is 12.5. The van der Waals surface area contributed by atoms with E-state index in [2.05, 4.69) is 27.4 Å². The Morgan fingerprint density at radius 1 is 1.14 bits per heavy atom. The van der Waals surface area contributed by atoms with Crippen LogP contribution in [-0.4, -0.2) is 52.0 Å². The summed E-state index contributed by atoms with van der Waals surface area (Å²) in [6.45, 7) is 7.99. The van der Waals surface area contributed by atoms with Crippen LogP contribution in [0.4, 0.5) is 5.69 Å². The van der Waals surface area contributed by atoms with Gasteiger partial charge in [-0.1, -0.05) is 23.9 Å². The molecule has 0 saturated heterocycles. The van der Waals surface area contributed by atoms with Crippen molar-refractivity contribution in [3.05, 3.63) is 78.1 Å². The standard InChI is InChI=1S/C26H29N5O5S/c1-5-14-31-23(17(3)27-24(33)18-10-12-21(35-4)13-11-18)29-30-26(31)37-16-22(32)28-20-9-7-8-19(15-20)25(34)36-6-2/h5,7-13,15,17H,1,6,14,16H2,2-4H3,(H,27,33)(H,28,32)/t17-/m0/s1. The maximum atomic E-state index is 12.7. The Morgan fingerprint density at radius 2 is 1.89 bits per heavy atom. The summed E-state index contributed by atoms with van der Waals surface area (Å²) >= 11 is 1.20. The van der Waals surface area contributed by atoms with Gasteiger partial charge in [0.1, 0.15) is 5.75 Å². The van der Waals surface area contributed by atoms with Gasteiger partial charge >= 0.3 is 5.97 Å². The number of amides is 2. The van der Waals surface area contributed by atoms with Crippen LogP contribution in [0.25, 0.3) is 0 Å². The summed E-state index contributed by atoms with van der Waals surface area (Å²) in [4.78, 5) is 37.2. The molecule has 1 atom stereocenters. The number of nitrogens with one attached hydrogen (secondary N) is 2. The molecule has 2 N–H and O–H groups in total. The highest BCUT2D eigenvalue weighted by atomic mass is 32.2. The summed E-state index contributed by atoms with van der Waals surface area (Å²) in [5, 5.41) is 14.7. The molecule has 3 aromatic rings. The molecule has 1 heterocycles. The number of esters is 1. The molecule has 194 valence electrons. The van der Waals surface area contributed by atoms with Gasteiger partial charge in [-0.15, -0.1) is 16.8 Å². The highest BCUT2D eigenvalue weighted by Crippen LogP contribution is 2.22. The van der Waals surface area contributed by atoms with E-state index in [9.17, 15) is 14.4 Å². The highest BCUT2D eigenvalue weighted by Gasteiger charge is 2.20. The monoisotopic (exact) mass is 523 g/mol. The molecule has 10 nitrogen and oxygen atoms in total. The molecule has 11 heteroatoms. The van der Waals surface area contributed by atoms with E-state index >= 15 is 0 Å². The number of ether oxygens (including phenoxy) is 2. The zero-order chi connectivity index (χ0) is 26.8. The summed E-state index contributed by atoms with van der Waals surface area (Å²) in [6, 6.07) is 12.9. The van der Waals surface area contributed by atoms with Gasteiger partial charge in [-0.25, -0.2) is 4.79 Å². The van der Waals surface area contributed by atoms with Crippen LogP contribution < -0.4 is 15.4 Å². The SMILES string of the molecule is C=CCn1c(SCC(=O)Nc2cccc(C(=O)OCC)c2)nnc1[C@H](C)NC(=O)c1ccc(OC)cc1. The number of allylic oxidation sites excluding steroid dienone is 1. The fraction of sp³-hybridized carbons (Fsp3) is 0.269. The third-order valence-electron chi connectivity index (χ3n) is 5.13. The molecule has 1 aromatic heterocycles. The molecule has 0 spiro atoms. The second kappa shape index (κ2) is 13.3. The van der Waals surface area contributed by atoms with Crippen LogP contribution in [0.3, 0.4) is 0 Å². The number of rotatable bonds is 12. The topological polar surface area (TPSA) is 124 Å². The first-order chi connectivity index (χ1) is 17.9. The molecular weight excluding hydrogens is 494 g/mol. The second-order valence-corrected chi connectivity index (χ2v) is 8.74. The molecule has 0 saturated carbocycles. The van der Waals surface area contributed by atoms with E-state index in [4.69, 9.17) is 9.47 Å². The molecule has 0 bridgehead atoms. The van der Waals surface area contributed by atoms with Crippen molar-refractivity contribution >= 4 is 35.2 Å². The molecule has 37 heavy (non-hydrogen) atoms. The van der Waals surface area contributed by atoms with Crippen molar-refractivity contribution in [2.45, 2.75) is 31.6 Å². The number of carbonyl (C=O) groups excluding carboxylic acids is 3. The van der Waals surface area contributed by atoms with E-state index < -0.39 is 12.0 Å². The first-order valence-electron chi connectivity index (χ1n) is 11.5. The average molecular weight is 524 g/mol. The normalized spacial score (nSPS) is 11.3. The Hall–Kier alpha value is -4.12. The first kappa shape index (κ1) is 27.5. The molecule has 3 rings (SSSR count). The Labute approximate surface area is 219 Å². The van der Waals surface area contributed by atoms with Crippen molar-refractivity contribution < 1.29 is 23.9 Å². The van der Waals surface area contributed by atoms with Gasteiger partial charge in [-0.05, 0) is 56.3 Å². The van der Waals surface area contributed by atoms with Crippen LogP contribution in [-0.2, 0) is 16.1 Å². The Bertz CT molecular complexity index is 1260. The van der Waals surface area contributed by atoms with E-state index in [-0.39, 0.29) is 24.2 Å². The van der Waals surface area contributed by atoms with Gasteiger partial charge < -0.3 is 24.7 Å². The maximum Gasteiger partial charge on any atom is 0.338 e. The quantitative estimate of drug-likeness (QED) is 0.208. The zero-order valence-corrected chi connectivity index (χ0v) is 21.7. The third-order valence-corrected chi connectivity index (χ3v) is 6.10. The number of nitrogens with zero attached hydrogens (tertiary/aromatic N) is 3. The lowest BCUT2D eigenvalue weighted by atomic mass is 10.2. The Balaban J connectivity index is 1.63. The molecule has 2 aromatic carbocycles. The van der Waals surface area contributed by atoms with Crippen molar-refractivity contribution in [2.75, 3.05) is 24.8 Å². The summed E-state index contributed by atoms with van der Waals surface area (Å²) < 4.78 is 11.9. The lowest BCUT2D eigenvalue weighted by Crippen LogP contribution is -2.28. The molecule has 2 amide bonds. The fourth-order valence-corrected chi connectivity index (χ4v) is 4.14. The third kappa shape index (κ3) is 7.43. The van der Waals surface area contributed by atoms with E-state index in [0.29, 0.717) is 40.1 Å². The van der Waals surface area contributed by atoms with E-state index in [1.54, 1.807) is 73.2 Å². The molecule has 0 aliphatic carbocycles. The van der Waals surface area contributed by atoms with Crippen LogP contribution >= 0.6 is 11.8 Å².